The fourth-order valence-electron chi connectivity index (χ4n) is 5.06. The third-order valence-electron chi connectivity index (χ3n) is 6.81. The predicted molar refractivity (Wildman–Crippen MR) is 131 cm³/mol. The summed E-state index contributed by atoms with van der Waals surface area (Å²) in [6, 6.07) is 9.27. The molecule has 0 atom stereocenters. The van der Waals surface area contributed by atoms with Gasteiger partial charge in [0.15, 0.2) is 0 Å². The van der Waals surface area contributed by atoms with Crippen LogP contribution in [0.2, 0.25) is 0 Å². The SMILES string of the molecule is C1=C2SCC=C2N(CCCN2CCCCC2)C(c2ccc(CN3CCOCC3)cc2)=C1. The second-order valence-electron chi connectivity index (χ2n) is 8.98. The van der Waals surface area contributed by atoms with Crippen LogP contribution in [0.25, 0.3) is 5.70 Å². The molecule has 0 aliphatic carbocycles. The summed E-state index contributed by atoms with van der Waals surface area (Å²) in [5, 5.41) is 0. The van der Waals surface area contributed by atoms with Crippen molar-refractivity contribution in [1.82, 2.24) is 14.7 Å². The molecule has 5 heteroatoms. The van der Waals surface area contributed by atoms with Crippen LogP contribution < -0.4 is 0 Å². The Hall–Kier alpha value is -1.53. The second kappa shape index (κ2) is 10.4. The fraction of sp³-hybridized carbons (Fsp3) is 0.538. The molecule has 2 saturated heterocycles. The summed E-state index contributed by atoms with van der Waals surface area (Å²) in [5.74, 6) is 1.10. The first-order valence-electron chi connectivity index (χ1n) is 12.0. The molecule has 0 radical (unpaired) electrons. The zero-order valence-electron chi connectivity index (χ0n) is 18.6. The highest BCUT2D eigenvalue weighted by molar-refractivity contribution is 8.03. The van der Waals surface area contributed by atoms with Crippen molar-refractivity contribution in [1.29, 1.82) is 0 Å². The van der Waals surface area contributed by atoms with Crippen molar-refractivity contribution in [2.75, 3.05) is 58.2 Å². The summed E-state index contributed by atoms with van der Waals surface area (Å²) in [4.78, 5) is 9.16. The third kappa shape index (κ3) is 5.28. The molecule has 4 aliphatic heterocycles. The Morgan fingerprint density at radius 3 is 2.42 bits per heavy atom. The number of nitrogens with zero attached hydrogens (tertiary/aromatic N) is 3. The number of morpholine rings is 1. The van der Waals surface area contributed by atoms with Gasteiger partial charge < -0.3 is 14.5 Å². The van der Waals surface area contributed by atoms with Gasteiger partial charge in [0.2, 0.25) is 0 Å². The minimum atomic E-state index is 0.860. The molecular weight excluding hydrogens is 402 g/mol. The minimum absolute atomic E-state index is 0.860. The van der Waals surface area contributed by atoms with Crippen LogP contribution >= 0.6 is 11.8 Å². The van der Waals surface area contributed by atoms with Gasteiger partial charge in [-0.25, -0.2) is 0 Å². The molecule has 0 aromatic heterocycles. The van der Waals surface area contributed by atoms with Crippen molar-refractivity contribution >= 4 is 17.5 Å². The van der Waals surface area contributed by atoms with Crippen LogP contribution in [0.1, 0.15) is 36.8 Å². The minimum Gasteiger partial charge on any atom is -0.379 e. The van der Waals surface area contributed by atoms with E-state index in [1.165, 1.54) is 72.7 Å². The van der Waals surface area contributed by atoms with Crippen molar-refractivity contribution in [3.8, 4) is 0 Å². The molecule has 0 unspecified atom stereocenters. The van der Waals surface area contributed by atoms with Crippen molar-refractivity contribution < 1.29 is 4.74 Å². The molecule has 0 bridgehead atoms. The van der Waals surface area contributed by atoms with Crippen molar-refractivity contribution in [3.63, 3.8) is 0 Å². The highest BCUT2D eigenvalue weighted by Crippen LogP contribution is 2.41. The van der Waals surface area contributed by atoms with E-state index in [-0.39, 0.29) is 0 Å². The second-order valence-corrected chi connectivity index (χ2v) is 10.0. The Morgan fingerprint density at radius 1 is 0.806 bits per heavy atom. The van der Waals surface area contributed by atoms with E-state index in [1.807, 2.05) is 11.8 Å². The van der Waals surface area contributed by atoms with E-state index in [4.69, 9.17) is 4.74 Å². The molecule has 4 heterocycles. The lowest BCUT2D eigenvalue weighted by atomic mass is 10.0. The summed E-state index contributed by atoms with van der Waals surface area (Å²) in [7, 11) is 0. The van der Waals surface area contributed by atoms with Crippen LogP contribution in [-0.4, -0.2) is 72.9 Å². The zero-order valence-corrected chi connectivity index (χ0v) is 19.4. The summed E-state index contributed by atoms with van der Waals surface area (Å²) in [5.41, 5.74) is 5.51. The first kappa shape index (κ1) is 21.3. The predicted octanol–water partition coefficient (Wildman–Crippen LogP) is 4.57. The van der Waals surface area contributed by atoms with Gasteiger partial charge in [0.25, 0.3) is 0 Å². The summed E-state index contributed by atoms with van der Waals surface area (Å²) < 4.78 is 5.48. The molecule has 2 fully saturated rings. The fourth-order valence-corrected chi connectivity index (χ4v) is 5.99. The van der Waals surface area contributed by atoms with Crippen LogP contribution in [0, 0.1) is 0 Å². The zero-order chi connectivity index (χ0) is 20.9. The molecular formula is C26H35N3OS. The monoisotopic (exact) mass is 437 g/mol. The molecule has 1 aromatic carbocycles. The average molecular weight is 438 g/mol. The smallest absolute Gasteiger partial charge is 0.0594 e. The van der Waals surface area contributed by atoms with E-state index >= 15 is 0 Å². The lowest BCUT2D eigenvalue weighted by Gasteiger charge is -2.33. The van der Waals surface area contributed by atoms with Crippen LogP contribution in [0.4, 0.5) is 0 Å². The maximum atomic E-state index is 5.48. The highest BCUT2D eigenvalue weighted by atomic mass is 32.2. The molecule has 5 rings (SSSR count). The van der Waals surface area contributed by atoms with Crippen LogP contribution in [0.15, 0.2) is 53.1 Å². The maximum Gasteiger partial charge on any atom is 0.0594 e. The first-order chi connectivity index (χ1) is 15.4. The molecule has 1 aromatic rings. The average Bonchev–Trinajstić information content (AvgIpc) is 3.31. The number of hydrogen-bond donors (Lipinski definition) is 0. The largest absolute Gasteiger partial charge is 0.379 e. The maximum absolute atomic E-state index is 5.48. The molecule has 4 aliphatic rings. The topological polar surface area (TPSA) is 19.0 Å². The van der Waals surface area contributed by atoms with Gasteiger partial charge in [-0.2, -0.15) is 0 Å². The van der Waals surface area contributed by atoms with Gasteiger partial charge in [-0.15, -0.1) is 11.8 Å². The molecule has 4 nitrogen and oxygen atoms in total. The number of benzene rings is 1. The van der Waals surface area contributed by atoms with Crippen molar-refractivity contribution in [2.45, 2.75) is 32.2 Å². The Morgan fingerprint density at radius 2 is 1.61 bits per heavy atom. The van der Waals surface area contributed by atoms with E-state index in [0.717, 1.165) is 45.1 Å². The summed E-state index contributed by atoms with van der Waals surface area (Å²) in [6.07, 6.45) is 12.5. The van der Waals surface area contributed by atoms with E-state index in [9.17, 15) is 0 Å². The standard InChI is InChI=1S/C26H35N3OS/c1-2-12-27(13-3-1)14-4-15-29-24(9-10-26-25(29)11-20-31-26)23-7-5-22(6-8-23)21-28-16-18-30-19-17-28/h5-11H,1-4,12-21H2. The van der Waals surface area contributed by atoms with E-state index in [1.54, 1.807) is 0 Å². The lowest BCUT2D eigenvalue weighted by Crippen LogP contribution is -2.35. The van der Waals surface area contributed by atoms with Crippen LogP contribution in [0.5, 0.6) is 0 Å². The van der Waals surface area contributed by atoms with Crippen molar-refractivity contribution in [2.24, 2.45) is 0 Å². The number of fused-ring (bicyclic) bond motifs is 1. The Balaban J connectivity index is 1.26. The van der Waals surface area contributed by atoms with Crippen LogP contribution in [0.3, 0.4) is 0 Å². The molecule has 0 amide bonds. The van der Waals surface area contributed by atoms with Gasteiger partial charge in [0, 0.05) is 42.5 Å². The van der Waals surface area contributed by atoms with Gasteiger partial charge in [0.05, 0.1) is 18.9 Å². The number of hydrogen-bond acceptors (Lipinski definition) is 5. The van der Waals surface area contributed by atoms with Gasteiger partial charge in [0.1, 0.15) is 0 Å². The van der Waals surface area contributed by atoms with Gasteiger partial charge in [-0.3, -0.25) is 4.90 Å². The van der Waals surface area contributed by atoms with E-state index in [0.29, 0.717) is 0 Å². The van der Waals surface area contributed by atoms with E-state index < -0.39 is 0 Å². The van der Waals surface area contributed by atoms with Gasteiger partial charge in [-0.05, 0) is 68.3 Å². The highest BCUT2D eigenvalue weighted by Gasteiger charge is 2.25. The number of thioether (sulfide) groups is 1. The number of piperidine rings is 1. The molecule has 0 N–H and O–H groups in total. The van der Waals surface area contributed by atoms with Crippen LogP contribution in [-0.2, 0) is 11.3 Å². The normalized spacial score (nSPS) is 22.7. The molecule has 0 spiro atoms. The Kier molecular flexibility index (Phi) is 7.15. The number of rotatable bonds is 7. The number of likely N-dealkylation sites (tertiary alicyclic amines) is 1. The number of allylic oxidation sites excluding steroid dienone is 2. The lowest BCUT2D eigenvalue weighted by molar-refractivity contribution is 0.0342. The quantitative estimate of drug-likeness (QED) is 0.621. The van der Waals surface area contributed by atoms with Gasteiger partial charge in [-0.1, -0.05) is 30.7 Å². The summed E-state index contributed by atoms with van der Waals surface area (Å²) >= 11 is 1.97. The summed E-state index contributed by atoms with van der Waals surface area (Å²) in [6.45, 7) is 9.72. The number of ether oxygens (including phenoxy) is 1. The molecule has 166 valence electrons. The van der Waals surface area contributed by atoms with E-state index in [2.05, 4.69) is 57.2 Å². The molecule has 0 saturated carbocycles. The Bertz CT molecular complexity index is 833. The Labute approximate surface area is 191 Å². The third-order valence-corrected chi connectivity index (χ3v) is 7.80. The first-order valence-corrected chi connectivity index (χ1v) is 13.0. The van der Waals surface area contributed by atoms with Crippen molar-refractivity contribution in [3.05, 3.63) is 64.2 Å². The van der Waals surface area contributed by atoms with Gasteiger partial charge >= 0.3 is 0 Å². The molecule has 31 heavy (non-hydrogen) atoms.